The number of carbonyl (C=O) groups is 1. The summed E-state index contributed by atoms with van der Waals surface area (Å²) in [5.41, 5.74) is 3.32. The summed E-state index contributed by atoms with van der Waals surface area (Å²) in [6.07, 6.45) is 4.21. The highest BCUT2D eigenvalue weighted by atomic mass is 16.5. The third-order valence-corrected chi connectivity index (χ3v) is 3.48. The van der Waals surface area contributed by atoms with E-state index in [4.69, 9.17) is 4.99 Å². The predicted octanol–water partition coefficient (Wildman–Crippen LogP) is 0.893. The zero-order valence-corrected chi connectivity index (χ0v) is 10.9. The number of ether oxygens (including phenoxy) is 1. The van der Waals surface area contributed by atoms with Crippen LogP contribution in [0.15, 0.2) is 23.3 Å². The van der Waals surface area contributed by atoms with Crippen LogP contribution >= 0.6 is 0 Å². The van der Waals surface area contributed by atoms with Crippen molar-refractivity contribution in [1.29, 1.82) is 0 Å². The zero-order chi connectivity index (χ0) is 13.2. The number of aliphatic imine (C=N–C) groups is 1. The zero-order valence-electron chi connectivity index (χ0n) is 10.9. The Bertz CT molecular complexity index is 523. The first kappa shape index (κ1) is 12.3. The van der Waals surface area contributed by atoms with Gasteiger partial charge in [-0.05, 0) is 30.5 Å². The first-order chi connectivity index (χ1) is 9.28. The maximum Gasteiger partial charge on any atom is 0.319 e. The molecule has 1 N–H and O–H groups in total. The molecule has 2 aliphatic carbocycles. The van der Waals surface area contributed by atoms with Crippen molar-refractivity contribution in [3.63, 3.8) is 0 Å². The minimum absolute atomic E-state index is 0.162. The van der Waals surface area contributed by atoms with E-state index in [0.29, 0.717) is 12.6 Å². The number of hydrogen-bond acceptors (Lipinski definition) is 5. The minimum Gasteiger partial charge on any atom is -0.468 e. The lowest BCUT2D eigenvalue weighted by Gasteiger charge is -2.12. The maximum atomic E-state index is 11.1. The SMILES string of the molecule is COC(=O)CNCC1C(=NC2CC2)c2ccnc1c2. The normalized spacial score (nSPS) is 22.8. The summed E-state index contributed by atoms with van der Waals surface area (Å²) in [5.74, 6) is -0.0893. The number of pyridine rings is 1. The number of esters is 1. The van der Waals surface area contributed by atoms with Gasteiger partial charge in [0, 0.05) is 12.7 Å². The fourth-order valence-corrected chi connectivity index (χ4v) is 2.30. The standard InChI is InChI=1S/C14H17N3O2/c1-19-13(18)8-15-7-11-12-6-9(4-5-16-12)14(11)17-10-2-3-10/h4-6,10-11,15H,2-3,7-8H2,1H3. The number of methoxy groups -OCH3 is 1. The van der Waals surface area contributed by atoms with Gasteiger partial charge < -0.3 is 10.1 Å². The number of aromatic nitrogens is 1. The van der Waals surface area contributed by atoms with E-state index in [9.17, 15) is 4.79 Å². The Morgan fingerprint density at radius 3 is 3.16 bits per heavy atom. The first-order valence-corrected chi connectivity index (χ1v) is 6.59. The van der Waals surface area contributed by atoms with Crippen molar-refractivity contribution in [2.75, 3.05) is 20.2 Å². The Kier molecular flexibility index (Phi) is 3.29. The molecule has 0 aromatic carbocycles. The molecular formula is C14H17N3O2. The van der Waals surface area contributed by atoms with Crippen molar-refractivity contribution >= 4 is 11.7 Å². The average molecular weight is 259 g/mol. The van der Waals surface area contributed by atoms with E-state index in [2.05, 4.69) is 21.1 Å². The number of rotatable bonds is 5. The Morgan fingerprint density at radius 1 is 1.58 bits per heavy atom. The lowest BCUT2D eigenvalue weighted by atomic mass is 10.0. The molecule has 5 heteroatoms. The lowest BCUT2D eigenvalue weighted by Crippen LogP contribution is -2.30. The van der Waals surface area contributed by atoms with Crippen LogP contribution in [-0.2, 0) is 9.53 Å². The van der Waals surface area contributed by atoms with Crippen LogP contribution in [0, 0.1) is 0 Å². The molecule has 3 rings (SSSR count). The number of nitrogens with zero attached hydrogens (tertiary/aromatic N) is 2. The summed E-state index contributed by atoms with van der Waals surface area (Å²) in [5, 5.41) is 3.12. The van der Waals surface area contributed by atoms with E-state index in [-0.39, 0.29) is 18.4 Å². The van der Waals surface area contributed by atoms with E-state index in [1.54, 1.807) is 0 Å². The topological polar surface area (TPSA) is 63.6 Å². The summed E-state index contributed by atoms with van der Waals surface area (Å²) in [6.45, 7) is 0.890. The molecule has 0 radical (unpaired) electrons. The molecule has 0 saturated heterocycles. The number of hydrogen-bond donors (Lipinski definition) is 1. The third-order valence-electron chi connectivity index (χ3n) is 3.48. The predicted molar refractivity (Wildman–Crippen MR) is 71.4 cm³/mol. The summed E-state index contributed by atoms with van der Waals surface area (Å²) >= 11 is 0. The van der Waals surface area contributed by atoms with Gasteiger partial charge in [-0.15, -0.1) is 0 Å². The van der Waals surface area contributed by atoms with Crippen LogP contribution in [-0.4, -0.2) is 42.9 Å². The molecule has 100 valence electrons. The van der Waals surface area contributed by atoms with Crippen LogP contribution in [0.3, 0.4) is 0 Å². The molecule has 1 unspecified atom stereocenters. The number of fused-ring (bicyclic) bond motifs is 2. The lowest BCUT2D eigenvalue weighted by molar-refractivity contribution is -0.139. The van der Waals surface area contributed by atoms with Crippen molar-refractivity contribution in [3.8, 4) is 0 Å². The molecule has 1 aromatic rings. The van der Waals surface area contributed by atoms with Gasteiger partial charge in [-0.3, -0.25) is 14.8 Å². The molecule has 1 fully saturated rings. The van der Waals surface area contributed by atoms with E-state index < -0.39 is 0 Å². The second-order valence-corrected chi connectivity index (χ2v) is 4.97. The van der Waals surface area contributed by atoms with Gasteiger partial charge in [-0.25, -0.2) is 0 Å². The van der Waals surface area contributed by atoms with Crippen molar-refractivity contribution in [2.45, 2.75) is 24.8 Å². The molecule has 0 aliphatic heterocycles. The molecule has 1 heterocycles. The fraction of sp³-hybridized carbons (Fsp3) is 0.500. The first-order valence-electron chi connectivity index (χ1n) is 6.59. The van der Waals surface area contributed by atoms with E-state index in [0.717, 1.165) is 11.4 Å². The largest absolute Gasteiger partial charge is 0.468 e. The van der Waals surface area contributed by atoms with E-state index >= 15 is 0 Å². The smallest absolute Gasteiger partial charge is 0.319 e. The molecule has 2 bridgehead atoms. The number of nitrogens with one attached hydrogen (secondary N) is 1. The Labute approximate surface area is 112 Å². The molecule has 5 nitrogen and oxygen atoms in total. The van der Waals surface area contributed by atoms with Crippen molar-refractivity contribution in [2.24, 2.45) is 4.99 Å². The van der Waals surface area contributed by atoms with Gasteiger partial charge in [0.1, 0.15) is 0 Å². The Hall–Kier alpha value is -1.75. The van der Waals surface area contributed by atoms with Crippen LogP contribution in [0.5, 0.6) is 0 Å². The average Bonchev–Trinajstić information content (AvgIpc) is 3.22. The Morgan fingerprint density at radius 2 is 2.42 bits per heavy atom. The van der Waals surface area contributed by atoms with Gasteiger partial charge in [-0.1, -0.05) is 0 Å². The van der Waals surface area contributed by atoms with Gasteiger partial charge in [0.05, 0.1) is 37.0 Å². The molecule has 2 aliphatic rings. The van der Waals surface area contributed by atoms with Gasteiger partial charge >= 0.3 is 5.97 Å². The van der Waals surface area contributed by atoms with Gasteiger partial charge in [0.25, 0.3) is 0 Å². The molecular weight excluding hydrogens is 242 g/mol. The quantitative estimate of drug-likeness (QED) is 0.798. The van der Waals surface area contributed by atoms with Gasteiger partial charge in [0.2, 0.25) is 0 Å². The van der Waals surface area contributed by atoms with Gasteiger partial charge in [-0.2, -0.15) is 0 Å². The summed E-state index contributed by atoms with van der Waals surface area (Å²) in [6, 6.07) is 4.59. The molecule has 19 heavy (non-hydrogen) atoms. The maximum absolute atomic E-state index is 11.1. The molecule has 0 amide bonds. The van der Waals surface area contributed by atoms with Crippen LogP contribution < -0.4 is 5.32 Å². The molecule has 1 atom stereocenters. The second kappa shape index (κ2) is 5.09. The Balaban J connectivity index is 1.69. The summed E-state index contributed by atoms with van der Waals surface area (Å²) < 4.78 is 4.62. The van der Waals surface area contributed by atoms with Crippen LogP contribution in [0.2, 0.25) is 0 Å². The van der Waals surface area contributed by atoms with Crippen molar-refractivity contribution < 1.29 is 9.53 Å². The van der Waals surface area contributed by atoms with Crippen molar-refractivity contribution in [1.82, 2.24) is 10.3 Å². The molecule has 1 saturated carbocycles. The van der Waals surface area contributed by atoms with Crippen LogP contribution in [0.25, 0.3) is 0 Å². The minimum atomic E-state index is -0.252. The highest BCUT2D eigenvalue weighted by molar-refractivity contribution is 6.08. The highest BCUT2D eigenvalue weighted by Crippen LogP contribution is 2.32. The second-order valence-electron chi connectivity index (χ2n) is 4.97. The monoisotopic (exact) mass is 259 g/mol. The van der Waals surface area contributed by atoms with E-state index in [1.807, 2.05) is 12.3 Å². The molecule has 0 spiro atoms. The van der Waals surface area contributed by atoms with E-state index in [1.165, 1.54) is 25.5 Å². The van der Waals surface area contributed by atoms with Gasteiger partial charge in [0.15, 0.2) is 0 Å². The van der Waals surface area contributed by atoms with Crippen LogP contribution in [0.4, 0.5) is 0 Å². The highest BCUT2D eigenvalue weighted by Gasteiger charge is 2.31. The van der Waals surface area contributed by atoms with Crippen LogP contribution in [0.1, 0.15) is 30.0 Å². The third kappa shape index (κ3) is 2.66. The molecule has 1 aromatic heterocycles. The number of carbonyl (C=O) groups excluding carboxylic acids is 1. The fourth-order valence-electron chi connectivity index (χ4n) is 2.30. The summed E-state index contributed by atoms with van der Waals surface area (Å²) in [4.78, 5) is 20.3. The summed E-state index contributed by atoms with van der Waals surface area (Å²) in [7, 11) is 1.39. The van der Waals surface area contributed by atoms with Crippen molar-refractivity contribution in [3.05, 3.63) is 29.6 Å².